The highest BCUT2D eigenvalue weighted by molar-refractivity contribution is 7.21. The molecule has 35 heavy (non-hydrogen) atoms. The third-order valence-corrected chi connectivity index (χ3v) is 9.05. The zero-order chi connectivity index (χ0) is 24.1. The van der Waals surface area contributed by atoms with Gasteiger partial charge in [0.2, 0.25) is 5.95 Å². The maximum absolute atomic E-state index is 12.9. The Morgan fingerprint density at radius 1 is 1.14 bits per heavy atom. The summed E-state index contributed by atoms with van der Waals surface area (Å²) in [5.41, 5.74) is 3.19. The van der Waals surface area contributed by atoms with Gasteiger partial charge < -0.3 is 15.1 Å². The van der Waals surface area contributed by atoms with Gasteiger partial charge in [0.25, 0.3) is 5.91 Å². The minimum Gasteiger partial charge on any atom is -0.368 e. The summed E-state index contributed by atoms with van der Waals surface area (Å²) in [5.74, 6) is 2.49. The number of carbonyl (C=O) groups excluding carboxylic acids is 1. The Morgan fingerprint density at radius 3 is 2.69 bits per heavy atom. The molecular weight excluding hydrogens is 458 g/mol. The van der Waals surface area contributed by atoms with Crippen LogP contribution in [0.3, 0.4) is 0 Å². The number of fused-ring (bicyclic) bond motifs is 2. The third-order valence-electron chi connectivity index (χ3n) is 7.93. The number of hydrogen-bond donors (Lipinski definition) is 1. The Bertz CT molecular complexity index is 1230. The second-order valence-corrected chi connectivity index (χ2v) is 11.3. The SMILES string of the molecule is CCN1CC2CN(c3ccc(Nc4ncc5sc(C(=O)N(C)C)c(C6CCCC6)c5n4)nc3)CC21. The van der Waals surface area contributed by atoms with Crippen molar-refractivity contribution in [2.24, 2.45) is 5.92 Å². The van der Waals surface area contributed by atoms with E-state index in [0.717, 1.165) is 64.9 Å². The molecule has 0 radical (unpaired) electrons. The molecule has 2 atom stereocenters. The number of likely N-dealkylation sites (tertiary alicyclic amines) is 1. The fourth-order valence-corrected chi connectivity index (χ4v) is 7.23. The highest BCUT2D eigenvalue weighted by atomic mass is 32.1. The minimum atomic E-state index is 0.0547. The number of aromatic nitrogens is 3. The van der Waals surface area contributed by atoms with Gasteiger partial charge in [-0.3, -0.25) is 9.69 Å². The molecular formula is C26H33N7OS. The normalized spacial score (nSPS) is 22.4. The van der Waals surface area contributed by atoms with Crippen LogP contribution in [-0.4, -0.2) is 77.0 Å². The molecule has 5 heterocycles. The van der Waals surface area contributed by atoms with Crippen molar-refractivity contribution < 1.29 is 4.79 Å². The maximum Gasteiger partial charge on any atom is 0.263 e. The number of pyridine rings is 1. The average molecular weight is 492 g/mol. The standard InChI is InChI=1S/C26H33N7OS/c1-4-32-13-17-14-33(15-19(17)32)18-9-10-21(27-11-18)29-26-28-12-20-23(30-26)22(16-7-5-6-8-16)24(35-20)25(34)31(2)3/h9-12,16-17,19H,4-8,13-15H2,1-3H3,(H,27,28,29,30). The first kappa shape index (κ1) is 22.7. The number of likely N-dealkylation sites (N-methyl/N-ethyl adjacent to an activating group) is 1. The molecule has 3 aromatic heterocycles. The van der Waals surface area contributed by atoms with Crippen molar-refractivity contribution in [2.45, 2.75) is 44.6 Å². The van der Waals surface area contributed by atoms with Gasteiger partial charge >= 0.3 is 0 Å². The first-order valence-electron chi connectivity index (χ1n) is 12.7. The van der Waals surface area contributed by atoms with Crippen LogP contribution in [0.5, 0.6) is 0 Å². The molecule has 2 unspecified atom stereocenters. The van der Waals surface area contributed by atoms with E-state index >= 15 is 0 Å². The Labute approximate surface area is 210 Å². The number of nitrogens with zero attached hydrogens (tertiary/aromatic N) is 6. The second-order valence-electron chi connectivity index (χ2n) is 10.3. The summed E-state index contributed by atoms with van der Waals surface area (Å²) in [5, 5.41) is 3.29. The van der Waals surface area contributed by atoms with Crippen molar-refractivity contribution in [3.63, 3.8) is 0 Å². The van der Waals surface area contributed by atoms with Crippen LogP contribution in [0.2, 0.25) is 0 Å². The molecule has 184 valence electrons. The number of hydrogen-bond acceptors (Lipinski definition) is 8. The number of thiophene rings is 1. The fraction of sp³-hybridized carbons (Fsp3) is 0.538. The topological polar surface area (TPSA) is 77.5 Å². The highest BCUT2D eigenvalue weighted by Crippen LogP contribution is 2.43. The lowest BCUT2D eigenvalue weighted by molar-refractivity contribution is 0.0580. The van der Waals surface area contributed by atoms with Gasteiger partial charge in [-0.15, -0.1) is 11.3 Å². The van der Waals surface area contributed by atoms with E-state index in [9.17, 15) is 4.79 Å². The van der Waals surface area contributed by atoms with Crippen molar-refractivity contribution in [2.75, 3.05) is 50.5 Å². The first-order valence-corrected chi connectivity index (χ1v) is 13.6. The fourth-order valence-electron chi connectivity index (χ4n) is 6.01. The molecule has 1 saturated carbocycles. The summed E-state index contributed by atoms with van der Waals surface area (Å²) >= 11 is 1.52. The van der Waals surface area contributed by atoms with E-state index in [2.05, 4.69) is 38.1 Å². The number of anilines is 3. The molecule has 1 amide bonds. The Kier molecular flexibility index (Phi) is 5.84. The van der Waals surface area contributed by atoms with Gasteiger partial charge in [0.05, 0.1) is 33.2 Å². The molecule has 2 aliphatic heterocycles. The van der Waals surface area contributed by atoms with E-state index in [0.29, 0.717) is 17.9 Å². The van der Waals surface area contributed by atoms with Crippen molar-refractivity contribution in [1.82, 2.24) is 24.8 Å². The third kappa shape index (κ3) is 4.04. The smallest absolute Gasteiger partial charge is 0.263 e. The molecule has 1 N–H and O–H groups in total. The van der Waals surface area contributed by atoms with E-state index in [-0.39, 0.29) is 5.91 Å². The monoisotopic (exact) mass is 491 g/mol. The van der Waals surface area contributed by atoms with Crippen molar-refractivity contribution >= 4 is 44.9 Å². The number of amides is 1. The van der Waals surface area contributed by atoms with Gasteiger partial charge in [0.15, 0.2) is 0 Å². The second kappa shape index (κ2) is 9.02. The lowest BCUT2D eigenvalue weighted by atomic mass is 9.92. The summed E-state index contributed by atoms with van der Waals surface area (Å²) in [6, 6.07) is 4.84. The average Bonchev–Trinajstić information content (AvgIpc) is 3.57. The summed E-state index contributed by atoms with van der Waals surface area (Å²) < 4.78 is 0.968. The Morgan fingerprint density at radius 2 is 1.97 bits per heavy atom. The van der Waals surface area contributed by atoms with Crippen LogP contribution in [0.15, 0.2) is 24.5 Å². The molecule has 3 aliphatic rings. The quantitative estimate of drug-likeness (QED) is 0.550. The van der Waals surface area contributed by atoms with E-state index in [1.807, 2.05) is 32.6 Å². The van der Waals surface area contributed by atoms with E-state index in [4.69, 9.17) is 4.98 Å². The van der Waals surface area contributed by atoms with Gasteiger partial charge in [-0.05, 0) is 37.4 Å². The van der Waals surface area contributed by atoms with Crippen LogP contribution in [0.25, 0.3) is 10.2 Å². The van der Waals surface area contributed by atoms with Crippen LogP contribution >= 0.6 is 11.3 Å². The summed E-state index contributed by atoms with van der Waals surface area (Å²) in [7, 11) is 3.62. The van der Waals surface area contributed by atoms with Crippen molar-refractivity contribution in [3.8, 4) is 0 Å². The number of carbonyl (C=O) groups is 1. The summed E-state index contributed by atoms with van der Waals surface area (Å²) in [4.78, 5) is 34.5. The molecule has 3 fully saturated rings. The summed E-state index contributed by atoms with van der Waals surface area (Å²) in [6.45, 7) is 6.80. The Balaban J connectivity index is 1.23. The molecule has 0 aromatic carbocycles. The van der Waals surface area contributed by atoms with Crippen LogP contribution < -0.4 is 10.2 Å². The molecule has 2 saturated heterocycles. The molecule has 0 bridgehead atoms. The van der Waals surface area contributed by atoms with Crippen LogP contribution in [0, 0.1) is 5.92 Å². The van der Waals surface area contributed by atoms with E-state index in [1.54, 1.807) is 4.90 Å². The van der Waals surface area contributed by atoms with Crippen LogP contribution in [0.1, 0.15) is 53.8 Å². The van der Waals surface area contributed by atoms with Crippen molar-refractivity contribution in [3.05, 3.63) is 35.0 Å². The summed E-state index contributed by atoms with van der Waals surface area (Å²) in [6.07, 6.45) is 8.43. The molecule has 9 heteroatoms. The van der Waals surface area contributed by atoms with Gasteiger partial charge in [-0.1, -0.05) is 19.8 Å². The van der Waals surface area contributed by atoms with Crippen molar-refractivity contribution in [1.29, 1.82) is 0 Å². The van der Waals surface area contributed by atoms with Crippen LogP contribution in [-0.2, 0) is 0 Å². The zero-order valence-corrected chi connectivity index (χ0v) is 21.5. The van der Waals surface area contributed by atoms with Gasteiger partial charge in [0, 0.05) is 51.3 Å². The largest absolute Gasteiger partial charge is 0.368 e. The van der Waals surface area contributed by atoms with Gasteiger partial charge in [-0.2, -0.15) is 0 Å². The predicted octanol–water partition coefficient (Wildman–Crippen LogP) is 4.33. The van der Waals surface area contributed by atoms with Crippen LogP contribution in [0.4, 0.5) is 17.5 Å². The lowest BCUT2D eigenvalue weighted by Crippen LogP contribution is -2.55. The van der Waals surface area contributed by atoms with E-state index in [1.165, 1.54) is 36.4 Å². The van der Waals surface area contributed by atoms with Gasteiger partial charge in [-0.25, -0.2) is 15.0 Å². The molecule has 3 aromatic rings. The molecule has 6 rings (SSSR count). The molecule has 0 spiro atoms. The zero-order valence-electron chi connectivity index (χ0n) is 20.7. The number of rotatable bonds is 6. The Hall–Kier alpha value is -2.78. The molecule has 8 nitrogen and oxygen atoms in total. The minimum absolute atomic E-state index is 0.0547. The maximum atomic E-state index is 12.9. The number of nitrogens with one attached hydrogen (secondary N) is 1. The van der Waals surface area contributed by atoms with Gasteiger partial charge in [0.1, 0.15) is 5.82 Å². The lowest BCUT2D eigenvalue weighted by Gasteiger charge is -2.42. The predicted molar refractivity (Wildman–Crippen MR) is 141 cm³/mol. The van der Waals surface area contributed by atoms with E-state index < -0.39 is 0 Å². The molecule has 1 aliphatic carbocycles. The first-order chi connectivity index (χ1) is 17.0. The highest BCUT2D eigenvalue weighted by Gasteiger charge is 2.44.